The monoisotopic (exact) mass is 317 g/mol. The standard InChI is InChI=1S/C16H23N5O2/c1-12(2)9-13-11-23-8-7-20(13)16(22)17-10-15-19-18-14-5-3-4-6-21(14)15/h3-6,12-13H,7-11H2,1-2H3,(H,17,22). The van der Waals surface area contributed by atoms with Crippen molar-refractivity contribution in [1.82, 2.24) is 24.8 Å². The van der Waals surface area contributed by atoms with Crippen LogP contribution in [0.1, 0.15) is 26.1 Å². The topological polar surface area (TPSA) is 71.8 Å². The van der Waals surface area contributed by atoms with Gasteiger partial charge < -0.3 is 15.0 Å². The van der Waals surface area contributed by atoms with E-state index in [1.807, 2.05) is 33.7 Å². The van der Waals surface area contributed by atoms with Crippen LogP contribution < -0.4 is 5.32 Å². The van der Waals surface area contributed by atoms with Crippen LogP contribution in [-0.2, 0) is 11.3 Å². The van der Waals surface area contributed by atoms with Gasteiger partial charge in [-0.2, -0.15) is 0 Å². The molecule has 7 heteroatoms. The average molecular weight is 317 g/mol. The Morgan fingerprint density at radius 2 is 2.30 bits per heavy atom. The zero-order chi connectivity index (χ0) is 16.2. The molecule has 3 rings (SSSR count). The fourth-order valence-corrected chi connectivity index (χ4v) is 2.93. The molecule has 1 fully saturated rings. The number of carbonyl (C=O) groups excluding carboxylic acids is 1. The van der Waals surface area contributed by atoms with Crippen LogP contribution in [0.4, 0.5) is 4.79 Å². The van der Waals surface area contributed by atoms with E-state index in [0.29, 0.717) is 32.2 Å². The van der Waals surface area contributed by atoms with Gasteiger partial charge in [-0.15, -0.1) is 10.2 Å². The molecule has 2 aromatic heterocycles. The molecule has 1 aliphatic heterocycles. The molecule has 1 atom stereocenters. The number of fused-ring (bicyclic) bond motifs is 1. The minimum Gasteiger partial charge on any atom is -0.377 e. The number of ether oxygens (including phenoxy) is 1. The van der Waals surface area contributed by atoms with Gasteiger partial charge in [0.05, 0.1) is 25.8 Å². The summed E-state index contributed by atoms with van der Waals surface area (Å²) in [6.07, 6.45) is 2.84. The number of carbonyl (C=O) groups is 1. The Balaban J connectivity index is 1.63. The SMILES string of the molecule is CC(C)CC1COCCN1C(=O)NCc1nnc2ccccn12. The highest BCUT2D eigenvalue weighted by atomic mass is 16.5. The highest BCUT2D eigenvalue weighted by Crippen LogP contribution is 2.16. The molecule has 0 bridgehead atoms. The van der Waals surface area contributed by atoms with Gasteiger partial charge >= 0.3 is 6.03 Å². The van der Waals surface area contributed by atoms with Crippen LogP contribution in [0.25, 0.3) is 5.65 Å². The van der Waals surface area contributed by atoms with Gasteiger partial charge in [-0.3, -0.25) is 4.40 Å². The molecule has 124 valence electrons. The number of pyridine rings is 1. The van der Waals surface area contributed by atoms with E-state index in [1.165, 1.54) is 0 Å². The van der Waals surface area contributed by atoms with E-state index in [-0.39, 0.29) is 12.1 Å². The van der Waals surface area contributed by atoms with Gasteiger partial charge in [-0.1, -0.05) is 19.9 Å². The van der Waals surface area contributed by atoms with Crippen LogP contribution in [-0.4, -0.2) is 51.3 Å². The Hall–Kier alpha value is -2.15. The number of urea groups is 1. The highest BCUT2D eigenvalue weighted by Gasteiger charge is 2.27. The lowest BCUT2D eigenvalue weighted by Crippen LogP contribution is -2.52. The van der Waals surface area contributed by atoms with Gasteiger partial charge in [0, 0.05) is 12.7 Å². The molecule has 1 saturated heterocycles. The number of amides is 2. The lowest BCUT2D eigenvalue weighted by molar-refractivity contribution is 0.00547. The van der Waals surface area contributed by atoms with Crippen molar-refractivity contribution in [2.24, 2.45) is 5.92 Å². The summed E-state index contributed by atoms with van der Waals surface area (Å²) in [6, 6.07) is 5.79. The third kappa shape index (κ3) is 3.61. The molecular formula is C16H23N5O2. The van der Waals surface area contributed by atoms with E-state index < -0.39 is 0 Å². The van der Waals surface area contributed by atoms with Crippen LogP contribution in [0.3, 0.4) is 0 Å². The summed E-state index contributed by atoms with van der Waals surface area (Å²) in [4.78, 5) is 14.4. The molecule has 1 unspecified atom stereocenters. The maximum Gasteiger partial charge on any atom is 0.318 e. The van der Waals surface area contributed by atoms with Crippen LogP contribution in [0.5, 0.6) is 0 Å². The van der Waals surface area contributed by atoms with Gasteiger partial charge in [0.2, 0.25) is 0 Å². The number of hydrogen-bond acceptors (Lipinski definition) is 4. The first-order chi connectivity index (χ1) is 11.1. The summed E-state index contributed by atoms with van der Waals surface area (Å²) < 4.78 is 7.40. The van der Waals surface area contributed by atoms with Crippen LogP contribution in [0.15, 0.2) is 24.4 Å². The summed E-state index contributed by atoms with van der Waals surface area (Å²) in [5.41, 5.74) is 0.779. The van der Waals surface area contributed by atoms with Crippen molar-refractivity contribution in [1.29, 1.82) is 0 Å². The zero-order valence-corrected chi connectivity index (χ0v) is 13.6. The van der Waals surface area contributed by atoms with Crippen LogP contribution in [0, 0.1) is 5.92 Å². The van der Waals surface area contributed by atoms with Crippen molar-refractivity contribution in [3.63, 3.8) is 0 Å². The van der Waals surface area contributed by atoms with Crippen molar-refractivity contribution >= 4 is 11.7 Å². The second-order valence-electron chi connectivity index (χ2n) is 6.26. The van der Waals surface area contributed by atoms with Gasteiger partial charge in [-0.25, -0.2) is 4.79 Å². The summed E-state index contributed by atoms with van der Waals surface area (Å²) >= 11 is 0. The Labute approximate surface area is 135 Å². The number of morpholine rings is 1. The third-order valence-electron chi connectivity index (χ3n) is 4.01. The first kappa shape index (κ1) is 15.7. The molecule has 0 spiro atoms. The van der Waals surface area contributed by atoms with E-state index in [2.05, 4.69) is 29.4 Å². The lowest BCUT2D eigenvalue weighted by Gasteiger charge is -2.36. The van der Waals surface area contributed by atoms with E-state index in [0.717, 1.165) is 17.9 Å². The minimum absolute atomic E-state index is 0.0633. The molecule has 1 N–H and O–H groups in total. The number of nitrogens with one attached hydrogen (secondary N) is 1. The summed E-state index contributed by atoms with van der Waals surface area (Å²) in [6.45, 7) is 6.51. The smallest absolute Gasteiger partial charge is 0.318 e. The molecule has 0 radical (unpaired) electrons. The number of aromatic nitrogens is 3. The van der Waals surface area contributed by atoms with Gasteiger partial charge in [-0.05, 0) is 24.5 Å². The van der Waals surface area contributed by atoms with Crippen molar-refractivity contribution < 1.29 is 9.53 Å². The molecule has 0 aromatic carbocycles. The summed E-state index contributed by atoms with van der Waals surface area (Å²) in [7, 11) is 0. The molecule has 7 nitrogen and oxygen atoms in total. The maximum absolute atomic E-state index is 12.5. The largest absolute Gasteiger partial charge is 0.377 e. The molecule has 1 aliphatic rings. The predicted octanol–water partition coefficient (Wildman–Crippen LogP) is 1.69. The van der Waals surface area contributed by atoms with E-state index in [4.69, 9.17) is 4.74 Å². The Morgan fingerprint density at radius 3 is 3.13 bits per heavy atom. The van der Waals surface area contributed by atoms with Crippen LogP contribution in [0.2, 0.25) is 0 Å². The molecule has 0 saturated carbocycles. The van der Waals surface area contributed by atoms with E-state index >= 15 is 0 Å². The lowest BCUT2D eigenvalue weighted by atomic mass is 10.0. The predicted molar refractivity (Wildman–Crippen MR) is 86.0 cm³/mol. The van der Waals surface area contributed by atoms with E-state index in [1.54, 1.807) is 0 Å². The van der Waals surface area contributed by atoms with Gasteiger partial charge in [0.25, 0.3) is 0 Å². The number of hydrogen-bond donors (Lipinski definition) is 1. The molecular weight excluding hydrogens is 294 g/mol. The van der Waals surface area contributed by atoms with E-state index in [9.17, 15) is 4.79 Å². The Bertz CT molecular complexity index is 669. The summed E-state index contributed by atoms with van der Waals surface area (Å²) in [5.74, 6) is 1.25. The molecule has 0 aliphatic carbocycles. The Morgan fingerprint density at radius 1 is 1.43 bits per heavy atom. The molecule has 23 heavy (non-hydrogen) atoms. The fraction of sp³-hybridized carbons (Fsp3) is 0.562. The van der Waals surface area contributed by atoms with Gasteiger partial charge in [0.15, 0.2) is 11.5 Å². The van der Waals surface area contributed by atoms with Crippen molar-refractivity contribution in [3.05, 3.63) is 30.2 Å². The second kappa shape index (κ2) is 6.95. The number of rotatable bonds is 4. The van der Waals surface area contributed by atoms with Crippen molar-refractivity contribution in [2.45, 2.75) is 32.9 Å². The van der Waals surface area contributed by atoms with Gasteiger partial charge in [0.1, 0.15) is 0 Å². The van der Waals surface area contributed by atoms with Crippen molar-refractivity contribution in [2.75, 3.05) is 19.8 Å². The van der Waals surface area contributed by atoms with Crippen LogP contribution >= 0.6 is 0 Å². The number of nitrogens with zero attached hydrogens (tertiary/aromatic N) is 4. The maximum atomic E-state index is 12.5. The molecule has 2 aromatic rings. The zero-order valence-electron chi connectivity index (χ0n) is 13.6. The normalized spacial score (nSPS) is 18.6. The van der Waals surface area contributed by atoms with Crippen molar-refractivity contribution in [3.8, 4) is 0 Å². The Kier molecular flexibility index (Phi) is 4.76. The first-order valence-electron chi connectivity index (χ1n) is 8.06. The fourth-order valence-electron chi connectivity index (χ4n) is 2.93. The quantitative estimate of drug-likeness (QED) is 0.931. The average Bonchev–Trinajstić information content (AvgIpc) is 2.96. The second-order valence-corrected chi connectivity index (χ2v) is 6.26. The molecule has 2 amide bonds. The molecule has 3 heterocycles. The summed E-state index contributed by atoms with van der Waals surface area (Å²) in [5, 5.41) is 11.2. The minimum atomic E-state index is -0.0633. The highest BCUT2D eigenvalue weighted by molar-refractivity contribution is 5.74. The third-order valence-corrected chi connectivity index (χ3v) is 4.01. The first-order valence-corrected chi connectivity index (χ1v) is 8.06.